The van der Waals surface area contributed by atoms with Crippen molar-refractivity contribution in [2.24, 2.45) is 5.92 Å². The molecule has 1 aliphatic rings. The van der Waals surface area contributed by atoms with Crippen LogP contribution < -0.4 is 5.32 Å². The highest BCUT2D eigenvalue weighted by Crippen LogP contribution is 2.29. The minimum absolute atomic E-state index is 0.362. The number of likely N-dealkylation sites (N-methyl/N-ethyl adjacent to an activating group) is 1. The first-order valence-electron chi connectivity index (χ1n) is 6.33. The Kier molecular flexibility index (Phi) is 4.91. The molecule has 0 spiro atoms. The fourth-order valence-electron chi connectivity index (χ4n) is 2.58. The molecule has 2 rings (SSSR count). The molecule has 3 unspecified atom stereocenters. The summed E-state index contributed by atoms with van der Waals surface area (Å²) in [6.45, 7) is 2.95. The number of benzene rings is 1. The third-order valence-electron chi connectivity index (χ3n) is 3.64. The lowest BCUT2D eigenvalue weighted by Gasteiger charge is -2.22. The van der Waals surface area contributed by atoms with Gasteiger partial charge in [0.2, 0.25) is 0 Å². The molecule has 1 aromatic rings. The quantitative estimate of drug-likeness (QED) is 0.915. The zero-order valence-corrected chi connectivity index (χ0v) is 12.3. The molecule has 0 aliphatic carbocycles. The standard InChI is InChI=1S/C14H19Cl2NO/c1-9-6-11(8-18-9)13(17-2)7-10-4-3-5-12(15)14(10)16/h3-5,9,11,13,17H,6-8H2,1-2H3. The second-order valence-electron chi connectivity index (χ2n) is 4.95. The molecule has 2 nitrogen and oxygen atoms in total. The Bertz CT molecular complexity index is 411. The van der Waals surface area contributed by atoms with E-state index in [1.807, 2.05) is 25.2 Å². The molecule has 0 aromatic heterocycles. The summed E-state index contributed by atoms with van der Waals surface area (Å²) in [5.74, 6) is 0.542. The number of halogens is 2. The Labute approximate surface area is 119 Å². The second-order valence-corrected chi connectivity index (χ2v) is 5.74. The van der Waals surface area contributed by atoms with E-state index in [2.05, 4.69) is 12.2 Å². The average molecular weight is 288 g/mol. The fraction of sp³-hybridized carbons (Fsp3) is 0.571. The van der Waals surface area contributed by atoms with E-state index in [-0.39, 0.29) is 0 Å². The zero-order chi connectivity index (χ0) is 13.1. The van der Waals surface area contributed by atoms with Gasteiger partial charge in [0.25, 0.3) is 0 Å². The SMILES string of the molecule is CNC(Cc1cccc(Cl)c1Cl)C1COC(C)C1. The second kappa shape index (κ2) is 6.25. The maximum atomic E-state index is 6.24. The Morgan fingerprint density at radius 2 is 2.22 bits per heavy atom. The highest BCUT2D eigenvalue weighted by Gasteiger charge is 2.29. The summed E-state index contributed by atoms with van der Waals surface area (Å²) in [7, 11) is 1.99. The Morgan fingerprint density at radius 3 is 2.83 bits per heavy atom. The molecule has 1 aliphatic heterocycles. The van der Waals surface area contributed by atoms with Crippen LogP contribution in [0.2, 0.25) is 10.0 Å². The van der Waals surface area contributed by atoms with Crippen molar-refractivity contribution in [3.05, 3.63) is 33.8 Å². The summed E-state index contributed by atoms with van der Waals surface area (Å²) in [5.41, 5.74) is 1.10. The summed E-state index contributed by atoms with van der Waals surface area (Å²) >= 11 is 12.3. The van der Waals surface area contributed by atoms with Crippen LogP contribution in [0.15, 0.2) is 18.2 Å². The van der Waals surface area contributed by atoms with E-state index in [9.17, 15) is 0 Å². The molecule has 100 valence electrons. The fourth-order valence-corrected chi connectivity index (χ4v) is 2.98. The summed E-state index contributed by atoms with van der Waals surface area (Å²) in [6.07, 6.45) is 2.35. The van der Waals surface area contributed by atoms with Crippen molar-refractivity contribution in [2.45, 2.75) is 31.9 Å². The highest BCUT2D eigenvalue weighted by molar-refractivity contribution is 6.42. The molecule has 1 N–H and O–H groups in total. The molecular weight excluding hydrogens is 269 g/mol. The lowest BCUT2D eigenvalue weighted by atomic mass is 9.91. The van der Waals surface area contributed by atoms with Crippen LogP contribution in [0.3, 0.4) is 0 Å². The van der Waals surface area contributed by atoms with E-state index in [4.69, 9.17) is 27.9 Å². The van der Waals surface area contributed by atoms with Gasteiger partial charge in [0.1, 0.15) is 0 Å². The third kappa shape index (κ3) is 3.18. The predicted molar refractivity (Wildman–Crippen MR) is 76.5 cm³/mol. The molecule has 18 heavy (non-hydrogen) atoms. The normalized spacial score (nSPS) is 25.3. The van der Waals surface area contributed by atoms with Crippen LogP contribution in [0, 0.1) is 5.92 Å². The number of hydrogen-bond donors (Lipinski definition) is 1. The van der Waals surface area contributed by atoms with Crippen LogP contribution in [-0.2, 0) is 11.2 Å². The summed E-state index contributed by atoms with van der Waals surface area (Å²) in [6, 6.07) is 6.19. The van der Waals surface area contributed by atoms with E-state index in [0.717, 1.165) is 25.0 Å². The van der Waals surface area contributed by atoms with Crippen molar-refractivity contribution < 1.29 is 4.74 Å². The van der Waals surface area contributed by atoms with Gasteiger partial charge in [0.05, 0.1) is 22.8 Å². The predicted octanol–water partition coefficient (Wildman–Crippen LogP) is 3.55. The minimum atomic E-state index is 0.362. The van der Waals surface area contributed by atoms with Crippen LogP contribution >= 0.6 is 23.2 Å². The molecule has 1 aromatic carbocycles. The van der Waals surface area contributed by atoms with E-state index in [0.29, 0.717) is 28.1 Å². The van der Waals surface area contributed by atoms with Crippen LogP contribution in [0.1, 0.15) is 18.9 Å². The zero-order valence-electron chi connectivity index (χ0n) is 10.7. The van der Waals surface area contributed by atoms with Crippen molar-refractivity contribution in [3.63, 3.8) is 0 Å². The van der Waals surface area contributed by atoms with Crippen molar-refractivity contribution in [1.82, 2.24) is 5.32 Å². The molecule has 0 saturated carbocycles. The molecule has 1 heterocycles. The number of rotatable bonds is 4. The summed E-state index contributed by atoms with van der Waals surface area (Å²) in [5, 5.41) is 4.68. The van der Waals surface area contributed by atoms with Gasteiger partial charge in [-0.05, 0) is 38.4 Å². The molecular formula is C14H19Cl2NO. The third-order valence-corrected chi connectivity index (χ3v) is 4.50. The number of hydrogen-bond acceptors (Lipinski definition) is 2. The van der Waals surface area contributed by atoms with Crippen molar-refractivity contribution in [1.29, 1.82) is 0 Å². The molecule has 0 radical (unpaired) electrons. The lowest BCUT2D eigenvalue weighted by Crippen LogP contribution is -2.36. The van der Waals surface area contributed by atoms with Gasteiger partial charge in [-0.15, -0.1) is 0 Å². The van der Waals surface area contributed by atoms with Gasteiger partial charge < -0.3 is 10.1 Å². The van der Waals surface area contributed by atoms with Crippen molar-refractivity contribution >= 4 is 23.2 Å². The van der Waals surface area contributed by atoms with Gasteiger partial charge in [0, 0.05) is 12.0 Å². The first-order valence-corrected chi connectivity index (χ1v) is 7.09. The van der Waals surface area contributed by atoms with Crippen LogP contribution in [0.25, 0.3) is 0 Å². The monoisotopic (exact) mass is 287 g/mol. The molecule has 0 amide bonds. The maximum Gasteiger partial charge on any atom is 0.0624 e. The van der Waals surface area contributed by atoms with Crippen molar-refractivity contribution in [3.8, 4) is 0 Å². The first kappa shape index (κ1) is 14.1. The van der Waals surface area contributed by atoms with Gasteiger partial charge in [-0.1, -0.05) is 35.3 Å². The number of nitrogens with one attached hydrogen (secondary N) is 1. The first-order chi connectivity index (χ1) is 8.61. The van der Waals surface area contributed by atoms with E-state index < -0.39 is 0 Å². The maximum absolute atomic E-state index is 6.24. The van der Waals surface area contributed by atoms with E-state index in [1.54, 1.807) is 0 Å². The van der Waals surface area contributed by atoms with Gasteiger partial charge >= 0.3 is 0 Å². The van der Waals surface area contributed by atoms with E-state index >= 15 is 0 Å². The van der Waals surface area contributed by atoms with Gasteiger partial charge in [-0.3, -0.25) is 0 Å². The van der Waals surface area contributed by atoms with Gasteiger partial charge in [0.15, 0.2) is 0 Å². The van der Waals surface area contributed by atoms with Crippen LogP contribution in [0.5, 0.6) is 0 Å². The van der Waals surface area contributed by atoms with Crippen LogP contribution in [0.4, 0.5) is 0 Å². The van der Waals surface area contributed by atoms with Gasteiger partial charge in [-0.2, -0.15) is 0 Å². The Balaban J connectivity index is 2.08. The summed E-state index contributed by atoms with van der Waals surface area (Å²) < 4.78 is 5.64. The summed E-state index contributed by atoms with van der Waals surface area (Å²) in [4.78, 5) is 0. The lowest BCUT2D eigenvalue weighted by molar-refractivity contribution is 0.117. The Morgan fingerprint density at radius 1 is 1.44 bits per heavy atom. The smallest absolute Gasteiger partial charge is 0.0624 e. The average Bonchev–Trinajstić information content (AvgIpc) is 2.78. The van der Waals surface area contributed by atoms with Crippen molar-refractivity contribution in [2.75, 3.05) is 13.7 Å². The van der Waals surface area contributed by atoms with E-state index in [1.165, 1.54) is 0 Å². The molecule has 0 bridgehead atoms. The highest BCUT2D eigenvalue weighted by atomic mass is 35.5. The minimum Gasteiger partial charge on any atom is -0.378 e. The van der Waals surface area contributed by atoms with Gasteiger partial charge in [-0.25, -0.2) is 0 Å². The Hall–Kier alpha value is -0.280. The van der Waals surface area contributed by atoms with Crippen LogP contribution in [-0.4, -0.2) is 25.8 Å². The molecule has 3 atom stereocenters. The largest absolute Gasteiger partial charge is 0.378 e. The topological polar surface area (TPSA) is 21.3 Å². The number of ether oxygens (including phenoxy) is 1. The molecule has 4 heteroatoms. The molecule has 1 saturated heterocycles. The molecule has 1 fully saturated rings.